The van der Waals surface area contributed by atoms with Crippen molar-refractivity contribution >= 4 is 49.1 Å². The summed E-state index contributed by atoms with van der Waals surface area (Å²) in [5.41, 5.74) is 0.440. The van der Waals surface area contributed by atoms with Crippen LogP contribution in [0.3, 0.4) is 0 Å². The van der Waals surface area contributed by atoms with Crippen molar-refractivity contribution in [1.29, 1.82) is 0 Å². The van der Waals surface area contributed by atoms with E-state index < -0.39 is 6.43 Å². The first-order valence-electron chi connectivity index (χ1n) is 3.61. The van der Waals surface area contributed by atoms with Crippen LogP contribution < -0.4 is 0 Å². The minimum absolute atomic E-state index is 0.194. The number of alkyl halides is 2. The molecule has 0 amide bonds. The van der Waals surface area contributed by atoms with Gasteiger partial charge in [-0.05, 0) is 12.1 Å². The first-order valence-corrected chi connectivity index (χ1v) is 5.60. The smallest absolute Gasteiger partial charge is 0.233 e. The Morgan fingerprint density at radius 3 is 2.79 bits per heavy atom. The first-order chi connectivity index (χ1) is 6.58. The summed E-state index contributed by atoms with van der Waals surface area (Å²) in [5, 5.41) is 0.192. The van der Waals surface area contributed by atoms with Crippen molar-refractivity contribution in [2.75, 3.05) is 0 Å². The normalized spacial score (nSPS) is 11.5. The van der Waals surface area contributed by atoms with E-state index in [0.717, 1.165) is 15.8 Å². The van der Waals surface area contributed by atoms with Crippen LogP contribution in [0.2, 0.25) is 5.02 Å². The molecule has 0 aliphatic rings. The van der Waals surface area contributed by atoms with Gasteiger partial charge in [0.15, 0.2) is 5.01 Å². The molecule has 0 atom stereocenters. The highest BCUT2D eigenvalue weighted by Crippen LogP contribution is 2.34. The van der Waals surface area contributed by atoms with Crippen LogP contribution in [0.15, 0.2) is 16.6 Å². The third-order valence-electron chi connectivity index (χ3n) is 1.62. The standard InChI is InChI=1S/C8H3BrClF2NS/c9-3-1-4(10)6-5(2-3)14-8(13-6)7(11)12/h1-2,7H. The van der Waals surface area contributed by atoms with E-state index in [2.05, 4.69) is 20.9 Å². The fraction of sp³-hybridized carbons (Fsp3) is 0.125. The van der Waals surface area contributed by atoms with Crippen molar-refractivity contribution in [2.24, 2.45) is 0 Å². The summed E-state index contributed by atoms with van der Waals surface area (Å²) >= 11 is 10.0. The number of nitrogens with zero attached hydrogens (tertiary/aromatic N) is 1. The molecule has 0 radical (unpaired) electrons. The lowest BCUT2D eigenvalue weighted by Crippen LogP contribution is -1.79. The number of thiazole rings is 1. The zero-order valence-electron chi connectivity index (χ0n) is 6.60. The van der Waals surface area contributed by atoms with Gasteiger partial charge in [0.1, 0.15) is 5.52 Å². The van der Waals surface area contributed by atoms with Crippen molar-refractivity contribution in [2.45, 2.75) is 6.43 Å². The van der Waals surface area contributed by atoms with Crippen LogP contribution in [0.5, 0.6) is 0 Å². The van der Waals surface area contributed by atoms with E-state index in [4.69, 9.17) is 11.6 Å². The minimum Gasteiger partial charge on any atom is -0.233 e. The van der Waals surface area contributed by atoms with E-state index in [-0.39, 0.29) is 5.01 Å². The van der Waals surface area contributed by atoms with E-state index >= 15 is 0 Å². The second kappa shape index (κ2) is 3.72. The maximum atomic E-state index is 12.3. The van der Waals surface area contributed by atoms with Gasteiger partial charge in [0.25, 0.3) is 6.43 Å². The fourth-order valence-electron chi connectivity index (χ4n) is 1.07. The van der Waals surface area contributed by atoms with E-state index in [9.17, 15) is 8.78 Å². The van der Waals surface area contributed by atoms with Gasteiger partial charge in [-0.1, -0.05) is 27.5 Å². The summed E-state index contributed by atoms with van der Waals surface area (Å²) in [5.74, 6) is 0. The molecule has 74 valence electrons. The molecule has 2 aromatic rings. The lowest BCUT2D eigenvalue weighted by molar-refractivity contribution is 0.151. The van der Waals surface area contributed by atoms with Gasteiger partial charge in [0.05, 0.1) is 9.72 Å². The number of hydrogen-bond donors (Lipinski definition) is 0. The predicted molar refractivity (Wildman–Crippen MR) is 57.3 cm³/mol. The van der Waals surface area contributed by atoms with Crippen LogP contribution in [0.4, 0.5) is 8.78 Å². The van der Waals surface area contributed by atoms with Crippen LogP contribution in [-0.4, -0.2) is 4.98 Å². The highest BCUT2D eigenvalue weighted by atomic mass is 79.9. The summed E-state index contributed by atoms with van der Waals surface area (Å²) in [4.78, 5) is 3.77. The molecule has 1 heterocycles. The number of fused-ring (bicyclic) bond motifs is 1. The van der Waals surface area contributed by atoms with E-state index in [1.807, 2.05) is 0 Å². The molecule has 0 fully saturated rings. The second-order valence-electron chi connectivity index (χ2n) is 2.59. The van der Waals surface area contributed by atoms with Crippen LogP contribution in [-0.2, 0) is 0 Å². The van der Waals surface area contributed by atoms with Crippen molar-refractivity contribution in [3.8, 4) is 0 Å². The Kier molecular flexibility index (Phi) is 2.72. The van der Waals surface area contributed by atoms with Gasteiger partial charge in [-0.15, -0.1) is 11.3 Å². The van der Waals surface area contributed by atoms with Crippen molar-refractivity contribution in [3.63, 3.8) is 0 Å². The molecule has 0 N–H and O–H groups in total. The molecular weight excluding hydrogens is 296 g/mol. The molecular formula is C8H3BrClF2NS. The molecule has 0 saturated heterocycles. The Hall–Kier alpha value is -0.260. The maximum absolute atomic E-state index is 12.3. The lowest BCUT2D eigenvalue weighted by atomic mass is 10.3. The van der Waals surface area contributed by atoms with E-state index in [0.29, 0.717) is 15.2 Å². The summed E-state index contributed by atoms with van der Waals surface area (Å²) in [6.07, 6.45) is -2.54. The number of aromatic nitrogens is 1. The molecule has 0 aliphatic carbocycles. The van der Waals surface area contributed by atoms with Crippen molar-refractivity contribution in [3.05, 3.63) is 26.6 Å². The SMILES string of the molecule is FC(F)c1nc2c(Cl)cc(Br)cc2s1. The second-order valence-corrected chi connectivity index (χ2v) is 4.97. The van der Waals surface area contributed by atoms with E-state index in [1.165, 1.54) is 0 Å². The third kappa shape index (κ3) is 1.76. The summed E-state index contributed by atoms with van der Waals surface area (Å²) in [6, 6.07) is 3.36. The molecule has 2 rings (SSSR count). The first kappa shape index (κ1) is 10.3. The molecule has 0 unspecified atom stereocenters. The Morgan fingerprint density at radius 1 is 1.43 bits per heavy atom. The summed E-state index contributed by atoms with van der Waals surface area (Å²) in [7, 11) is 0. The number of hydrogen-bond acceptors (Lipinski definition) is 2. The predicted octanol–water partition coefficient (Wildman–Crippen LogP) is 4.65. The molecule has 1 aromatic heterocycles. The average Bonchev–Trinajstić information content (AvgIpc) is 2.47. The minimum atomic E-state index is -2.54. The Morgan fingerprint density at radius 2 is 2.14 bits per heavy atom. The van der Waals surface area contributed by atoms with Crippen LogP contribution in [0.1, 0.15) is 11.4 Å². The zero-order chi connectivity index (χ0) is 10.3. The largest absolute Gasteiger partial charge is 0.289 e. The fourth-order valence-corrected chi connectivity index (χ4v) is 3.02. The Bertz CT molecular complexity index is 485. The molecule has 0 aliphatic heterocycles. The third-order valence-corrected chi connectivity index (χ3v) is 3.37. The lowest BCUT2D eigenvalue weighted by Gasteiger charge is -1.92. The number of halogens is 4. The van der Waals surface area contributed by atoms with Gasteiger partial charge < -0.3 is 0 Å². The monoisotopic (exact) mass is 297 g/mol. The van der Waals surface area contributed by atoms with Gasteiger partial charge in [-0.3, -0.25) is 0 Å². The number of benzene rings is 1. The van der Waals surface area contributed by atoms with Gasteiger partial charge in [-0.25, -0.2) is 13.8 Å². The molecule has 6 heteroatoms. The molecule has 0 bridgehead atoms. The Balaban J connectivity index is 2.70. The highest BCUT2D eigenvalue weighted by Gasteiger charge is 2.15. The van der Waals surface area contributed by atoms with Crippen LogP contribution in [0, 0.1) is 0 Å². The van der Waals surface area contributed by atoms with E-state index in [1.54, 1.807) is 12.1 Å². The van der Waals surface area contributed by atoms with Crippen LogP contribution >= 0.6 is 38.9 Å². The maximum Gasteiger partial charge on any atom is 0.289 e. The van der Waals surface area contributed by atoms with Gasteiger partial charge in [-0.2, -0.15) is 0 Å². The zero-order valence-corrected chi connectivity index (χ0v) is 9.76. The molecule has 14 heavy (non-hydrogen) atoms. The van der Waals surface area contributed by atoms with Gasteiger partial charge in [0.2, 0.25) is 0 Å². The molecule has 0 saturated carbocycles. The van der Waals surface area contributed by atoms with Crippen LogP contribution in [0.25, 0.3) is 10.2 Å². The van der Waals surface area contributed by atoms with Crippen molar-refractivity contribution < 1.29 is 8.78 Å². The highest BCUT2D eigenvalue weighted by molar-refractivity contribution is 9.10. The molecule has 1 nitrogen and oxygen atoms in total. The van der Waals surface area contributed by atoms with Gasteiger partial charge >= 0.3 is 0 Å². The molecule has 1 aromatic carbocycles. The van der Waals surface area contributed by atoms with Gasteiger partial charge in [0, 0.05) is 4.47 Å². The summed E-state index contributed by atoms with van der Waals surface area (Å²) < 4.78 is 26.1. The number of rotatable bonds is 1. The quantitative estimate of drug-likeness (QED) is 0.747. The van der Waals surface area contributed by atoms with Crippen molar-refractivity contribution in [1.82, 2.24) is 4.98 Å². The summed E-state index contributed by atoms with van der Waals surface area (Å²) in [6.45, 7) is 0. The molecule has 0 spiro atoms. The topological polar surface area (TPSA) is 12.9 Å². The average molecular weight is 299 g/mol. The Labute approximate surface area is 95.8 Å².